The van der Waals surface area contributed by atoms with Crippen molar-refractivity contribution in [3.63, 3.8) is 0 Å². The zero-order chi connectivity index (χ0) is 6.53. The molecule has 0 aliphatic carbocycles. The number of thiocarbonyl (C=S) groups is 1. The zero-order valence-electron chi connectivity index (χ0n) is 4.40. The summed E-state index contributed by atoms with van der Waals surface area (Å²) in [6, 6.07) is 0. The Hall–Kier alpha value is -0.0000000000000000833. The minimum Gasteiger partial charge on any atom is -0.145 e. The van der Waals surface area contributed by atoms with Crippen molar-refractivity contribution in [3.05, 3.63) is 6.20 Å². The van der Waals surface area contributed by atoms with E-state index in [1.807, 2.05) is 0 Å². The molecule has 0 bridgehead atoms. The summed E-state index contributed by atoms with van der Waals surface area (Å²) in [6.45, 7) is 0. The summed E-state index contributed by atoms with van der Waals surface area (Å²) in [4.78, 5) is 0. The summed E-state index contributed by atoms with van der Waals surface area (Å²) in [5.41, 5.74) is 0. The lowest BCUT2D eigenvalue weighted by atomic mass is 11.0. The van der Waals surface area contributed by atoms with Gasteiger partial charge in [0, 0.05) is 11.1 Å². The van der Waals surface area contributed by atoms with Gasteiger partial charge in [0.2, 0.25) is 0 Å². The molecule has 0 aliphatic rings. The van der Waals surface area contributed by atoms with Gasteiger partial charge < -0.3 is 0 Å². The average Bonchev–Trinajstić information content (AvgIpc) is 2.34. The van der Waals surface area contributed by atoms with Gasteiger partial charge in [0.15, 0.2) is 0 Å². The maximum absolute atomic E-state index is 4.52. The highest BCUT2D eigenvalue weighted by atomic mass is 32.2. The monoisotopic (exact) mass is 175 g/mol. The summed E-state index contributed by atoms with van der Waals surface area (Å²) in [5, 5.41) is 6.26. The van der Waals surface area contributed by atoms with Gasteiger partial charge in [0.05, 0.1) is 6.20 Å². The van der Waals surface area contributed by atoms with Crippen LogP contribution in [0.15, 0.2) is 10.4 Å². The molecule has 0 atom stereocenters. The molecule has 0 aliphatic heterocycles. The van der Waals surface area contributed by atoms with Crippen LogP contribution >= 0.6 is 35.5 Å². The second kappa shape index (κ2) is 3.92. The molecule has 0 N–H and O–H groups in total. The molecule has 0 saturated carbocycles. The zero-order valence-corrected chi connectivity index (χ0v) is 6.85. The first-order valence-electron chi connectivity index (χ1n) is 2.18. The Balaban J connectivity index is 2.38. The van der Waals surface area contributed by atoms with Crippen LogP contribution in [0.4, 0.5) is 0 Å². The highest BCUT2D eigenvalue weighted by molar-refractivity contribution is 8.02. The molecule has 1 rings (SSSR count). The van der Waals surface area contributed by atoms with Crippen molar-refractivity contribution in [2.75, 3.05) is 5.75 Å². The molecule has 2 nitrogen and oxygen atoms in total. The number of rotatable bonds is 3. The summed E-state index contributed by atoms with van der Waals surface area (Å²) >= 11 is 7.50. The van der Waals surface area contributed by atoms with Gasteiger partial charge in [-0.3, -0.25) is 0 Å². The molecule has 5 heteroatoms. The van der Waals surface area contributed by atoms with Crippen molar-refractivity contribution < 1.29 is 0 Å². The van der Waals surface area contributed by atoms with E-state index in [4.69, 9.17) is 0 Å². The van der Waals surface area contributed by atoms with E-state index >= 15 is 0 Å². The van der Waals surface area contributed by atoms with Crippen LogP contribution in [0.25, 0.3) is 0 Å². The van der Waals surface area contributed by atoms with Gasteiger partial charge >= 0.3 is 0 Å². The topological polar surface area (TPSA) is 25.8 Å². The highest BCUT2D eigenvalue weighted by Crippen LogP contribution is 2.18. The van der Waals surface area contributed by atoms with Crippen LogP contribution in [-0.4, -0.2) is 20.7 Å². The smallest absolute Gasteiger partial charge is 0.101 e. The molecule has 1 aromatic heterocycles. The van der Waals surface area contributed by atoms with E-state index in [1.165, 1.54) is 11.5 Å². The molecule has 9 heavy (non-hydrogen) atoms. The molecule has 0 spiro atoms. The first-order valence-corrected chi connectivity index (χ1v) is 4.35. The molecule has 1 radical (unpaired) electrons. The summed E-state index contributed by atoms with van der Waals surface area (Å²) < 4.78 is 4.77. The summed E-state index contributed by atoms with van der Waals surface area (Å²) in [6.07, 6.45) is 1.72. The largest absolute Gasteiger partial charge is 0.145 e. The van der Waals surface area contributed by atoms with E-state index in [1.54, 1.807) is 18.0 Å². The number of hydrogen-bond donors (Lipinski definition) is 0. The normalized spacial score (nSPS) is 9.33. The molecule has 1 aromatic rings. The lowest BCUT2D eigenvalue weighted by Crippen LogP contribution is -1.71. The third kappa shape index (κ3) is 2.38. The van der Waals surface area contributed by atoms with E-state index in [0.717, 1.165) is 9.96 Å². The van der Waals surface area contributed by atoms with E-state index in [2.05, 4.69) is 27.2 Å². The van der Waals surface area contributed by atoms with Crippen molar-refractivity contribution in [2.45, 2.75) is 4.21 Å². The average molecular weight is 175 g/mol. The Kier molecular flexibility index (Phi) is 3.10. The molecular formula is C4H3N2S3. The number of hydrogen-bond acceptors (Lipinski definition) is 5. The second-order valence-electron chi connectivity index (χ2n) is 1.17. The molecule has 0 unspecified atom stereocenters. The highest BCUT2D eigenvalue weighted by Gasteiger charge is 1.92. The minimum absolute atomic E-state index is 0.735. The Morgan fingerprint density at radius 2 is 2.78 bits per heavy atom. The van der Waals surface area contributed by atoms with Gasteiger partial charge in [-0.1, -0.05) is 16.7 Å². The Bertz CT molecular complexity index is 172. The predicted molar refractivity (Wildman–Crippen MR) is 43.2 cm³/mol. The predicted octanol–water partition coefficient (Wildman–Crippen LogP) is 1.51. The van der Waals surface area contributed by atoms with Crippen molar-refractivity contribution in [2.24, 2.45) is 0 Å². The third-order valence-electron chi connectivity index (χ3n) is 0.614. The van der Waals surface area contributed by atoms with E-state index < -0.39 is 0 Å². The van der Waals surface area contributed by atoms with Gasteiger partial charge in [0.1, 0.15) is 4.21 Å². The van der Waals surface area contributed by atoms with Crippen molar-refractivity contribution in [3.8, 4) is 0 Å². The van der Waals surface area contributed by atoms with Crippen LogP contribution in [0, 0.1) is 0 Å². The Labute approximate surface area is 66.8 Å². The summed E-state index contributed by atoms with van der Waals surface area (Å²) in [7, 11) is 0. The van der Waals surface area contributed by atoms with Gasteiger partial charge in [0.25, 0.3) is 0 Å². The van der Waals surface area contributed by atoms with Crippen molar-refractivity contribution in [1.29, 1.82) is 0 Å². The van der Waals surface area contributed by atoms with Crippen LogP contribution in [-0.2, 0) is 0 Å². The lowest BCUT2D eigenvalue weighted by molar-refractivity contribution is 1.15. The molecule has 1 heterocycles. The minimum atomic E-state index is 0.735. The molecule has 0 fully saturated rings. The van der Waals surface area contributed by atoms with Crippen molar-refractivity contribution in [1.82, 2.24) is 9.59 Å². The number of aromatic nitrogens is 2. The fourth-order valence-electron chi connectivity index (χ4n) is 0.322. The Morgan fingerprint density at radius 1 is 1.89 bits per heavy atom. The molecule has 0 amide bonds. The summed E-state index contributed by atoms with van der Waals surface area (Å²) in [5.74, 6) is 0.735. The first kappa shape index (κ1) is 7.11. The van der Waals surface area contributed by atoms with Crippen LogP contribution in [0.1, 0.15) is 0 Å². The maximum Gasteiger partial charge on any atom is 0.101 e. The quantitative estimate of drug-likeness (QED) is 0.513. The first-order chi connectivity index (χ1) is 4.43. The fraction of sp³-hybridized carbons (Fsp3) is 0.250. The SMILES string of the molecule is S=[C]CSc1cnns1. The van der Waals surface area contributed by atoms with Crippen LogP contribution in [0.5, 0.6) is 0 Å². The fourth-order valence-corrected chi connectivity index (χ4v) is 1.58. The van der Waals surface area contributed by atoms with Crippen LogP contribution in [0.2, 0.25) is 0 Å². The van der Waals surface area contributed by atoms with E-state index in [0.29, 0.717) is 0 Å². The van der Waals surface area contributed by atoms with Gasteiger partial charge in [-0.25, -0.2) is 0 Å². The van der Waals surface area contributed by atoms with Gasteiger partial charge in [-0.05, 0) is 11.5 Å². The molecule has 47 valence electrons. The van der Waals surface area contributed by atoms with E-state index in [9.17, 15) is 0 Å². The molecule has 0 aromatic carbocycles. The standard InChI is InChI=1S/C4H3N2S3/c7-1-2-8-4-3-5-6-9-4/h3H,2H2. The van der Waals surface area contributed by atoms with Gasteiger partial charge in [-0.2, -0.15) is 0 Å². The van der Waals surface area contributed by atoms with Gasteiger partial charge in [-0.15, -0.1) is 16.9 Å². The third-order valence-corrected chi connectivity index (χ3v) is 2.66. The second-order valence-corrected chi connectivity index (χ2v) is 3.52. The maximum atomic E-state index is 4.52. The lowest BCUT2D eigenvalue weighted by Gasteiger charge is -1.83. The van der Waals surface area contributed by atoms with Crippen LogP contribution < -0.4 is 0 Å². The van der Waals surface area contributed by atoms with E-state index in [-0.39, 0.29) is 0 Å². The Morgan fingerprint density at radius 3 is 3.33 bits per heavy atom. The number of nitrogens with zero attached hydrogens (tertiary/aromatic N) is 2. The van der Waals surface area contributed by atoms with Crippen molar-refractivity contribution >= 4 is 40.9 Å². The molecule has 0 saturated heterocycles. The van der Waals surface area contributed by atoms with Crippen LogP contribution in [0.3, 0.4) is 0 Å². The number of thioether (sulfide) groups is 1. The molecular weight excluding hydrogens is 172 g/mol.